The number of benzene rings is 1. The maximum atomic E-state index is 11.6. The molecule has 0 heterocycles. The van der Waals surface area contributed by atoms with Crippen LogP contribution in [0, 0.1) is 10.1 Å². The molecule has 0 saturated heterocycles. The number of nitrogens with one attached hydrogen (secondary N) is 1. The molecule has 0 aliphatic heterocycles. The summed E-state index contributed by atoms with van der Waals surface area (Å²) in [6.45, 7) is 2.02. The van der Waals surface area contributed by atoms with Gasteiger partial charge in [0.1, 0.15) is 0 Å². The lowest BCUT2D eigenvalue weighted by Crippen LogP contribution is -2.41. The number of carbonyl (C=O) groups is 1. The molecule has 0 fully saturated rings. The van der Waals surface area contributed by atoms with E-state index in [0.717, 1.165) is 0 Å². The zero-order valence-electron chi connectivity index (χ0n) is 10.7. The summed E-state index contributed by atoms with van der Waals surface area (Å²) in [7, 11) is 3.34. The van der Waals surface area contributed by atoms with Crippen LogP contribution in [0.25, 0.3) is 0 Å². The third-order valence-corrected chi connectivity index (χ3v) is 2.60. The predicted molar refractivity (Wildman–Crippen MR) is 68.1 cm³/mol. The van der Waals surface area contributed by atoms with E-state index in [4.69, 9.17) is 0 Å². The molecule has 1 rings (SSSR count). The average molecular weight is 251 g/mol. The molecule has 1 N–H and O–H groups in total. The van der Waals surface area contributed by atoms with Crippen molar-refractivity contribution in [1.29, 1.82) is 0 Å². The van der Waals surface area contributed by atoms with Crippen molar-refractivity contribution in [3.05, 3.63) is 39.9 Å². The second-order valence-corrected chi connectivity index (χ2v) is 4.22. The van der Waals surface area contributed by atoms with Gasteiger partial charge in [0.05, 0.1) is 11.0 Å². The summed E-state index contributed by atoms with van der Waals surface area (Å²) in [5, 5.41) is 13.8. The zero-order chi connectivity index (χ0) is 13.7. The van der Waals surface area contributed by atoms with E-state index < -0.39 is 4.92 Å². The fraction of sp³-hybridized carbons (Fsp3) is 0.417. The van der Waals surface area contributed by atoms with Crippen LogP contribution in [0.3, 0.4) is 0 Å². The van der Waals surface area contributed by atoms with Crippen molar-refractivity contribution in [2.24, 2.45) is 0 Å². The molecule has 18 heavy (non-hydrogen) atoms. The van der Waals surface area contributed by atoms with Gasteiger partial charge in [-0.05, 0) is 6.92 Å². The van der Waals surface area contributed by atoms with E-state index in [1.165, 1.54) is 11.0 Å². The fourth-order valence-electron chi connectivity index (χ4n) is 1.58. The van der Waals surface area contributed by atoms with Gasteiger partial charge in [-0.3, -0.25) is 14.9 Å². The summed E-state index contributed by atoms with van der Waals surface area (Å²) in [6.07, 6.45) is 0. The van der Waals surface area contributed by atoms with Crippen LogP contribution < -0.4 is 5.32 Å². The van der Waals surface area contributed by atoms with E-state index in [1.807, 2.05) is 0 Å². The minimum atomic E-state index is -0.421. The molecule has 0 bridgehead atoms. The Hall–Kier alpha value is -1.95. The Labute approximate surface area is 106 Å². The maximum absolute atomic E-state index is 11.6. The number of hydrogen-bond acceptors (Lipinski definition) is 4. The largest absolute Gasteiger partial charge is 0.347 e. The molecule has 0 spiro atoms. The smallest absolute Gasteiger partial charge is 0.273 e. The standard InChI is InChI=1S/C12H17N3O3/c1-9(12(16)14(2)3)13-8-10-6-4-5-7-11(10)15(17)18/h4-7,9,13H,8H2,1-3H3. The Morgan fingerprint density at radius 3 is 2.61 bits per heavy atom. The third kappa shape index (κ3) is 3.53. The van der Waals surface area contributed by atoms with Crippen molar-refractivity contribution in [3.63, 3.8) is 0 Å². The summed E-state index contributed by atoms with van der Waals surface area (Å²) in [5.74, 6) is -0.0615. The second kappa shape index (κ2) is 6.11. The Bertz CT molecular complexity index is 446. The van der Waals surface area contributed by atoms with E-state index in [0.29, 0.717) is 5.56 Å². The Kier molecular flexibility index (Phi) is 4.79. The highest BCUT2D eigenvalue weighted by Gasteiger charge is 2.17. The molecule has 1 atom stereocenters. The van der Waals surface area contributed by atoms with Crippen molar-refractivity contribution in [1.82, 2.24) is 10.2 Å². The molecule has 1 unspecified atom stereocenters. The molecule has 0 saturated carbocycles. The van der Waals surface area contributed by atoms with Crippen LogP contribution in [0.4, 0.5) is 5.69 Å². The molecule has 6 nitrogen and oxygen atoms in total. The van der Waals surface area contributed by atoms with Gasteiger partial charge in [0, 0.05) is 32.3 Å². The highest BCUT2D eigenvalue weighted by Crippen LogP contribution is 2.17. The number of para-hydroxylation sites is 1. The van der Waals surface area contributed by atoms with Gasteiger partial charge in [-0.2, -0.15) is 0 Å². The molecule has 6 heteroatoms. The maximum Gasteiger partial charge on any atom is 0.273 e. The Morgan fingerprint density at radius 1 is 1.44 bits per heavy atom. The number of carbonyl (C=O) groups excluding carboxylic acids is 1. The van der Waals surface area contributed by atoms with Crippen molar-refractivity contribution in [3.8, 4) is 0 Å². The molecule has 0 aliphatic carbocycles. The highest BCUT2D eigenvalue weighted by atomic mass is 16.6. The van der Waals surface area contributed by atoms with E-state index >= 15 is 0 Å². The molecule has 1 aromatic rings. The number of nitro groups is 1. The average Bonchev–Trinajstić information content (AvgIpc) is 2.35. The lowest BCUT2D eigenvalue weighted by molar-refractivity contribution is -0.385. The van der Waals surface area contributed by atoms with Gasteiger partial charge in [-0.15, -0.1) is 0 Å². The molecule has 98 valence electrons. The fourth-order valence-corrected chi connectivity index (χ4v) is 1.58. The van der Waals surface area contributed by atoms with Crippen LogP contribution in [-0.2, 0) is 11.3 Å². The topological polar surface area (TPSA) is 75.5 Å². The van der Waals surface area contributed by atoms with Gasteiger partial charge < -0.3 is 10.2 Å². The number of nitro benzene ring substituents is 1. The predicted octanol–water partition coefficient (Wildman–Crippen LogP) is 1.16. The first-order chi connectivity index (χ1) is 8.43. The monoisotopic (exact) mass is 251 g/mol. The van der Waals surface area contributed by atoms with E-state index in [2.05, 4.69) is 5.32 Å². The van der Waals surface area contributed by atoms with Crippen LogP contribution in [0.15, 0.2) is 24.3 Å². The van der Waals surface area contributed by atoms with Crippen molar-refractivity contribution in [2.45, 2.75) is 19.5 Å². The molecule has 1 aromatic carbocycles. The zero-order valence-corrected chi connectivity index (χ0v) is 10.7. The third-order valence-electron chi connectivity index (χ3n) is 2.60. The summed E-state index contributed by atoms with van der Waals surface area (Å²) in [6, 6.07) is 6.12. The summed E-state index contributed by atoms with van der Waals surface area (Å²) in [4.78, 5) is 23.5. The van der Waals surface area contributed by atoms with E-state index in [-0.39, 0.29) is 24.2 Å². The van der Waals surface area contributed by atoms with Gasteiger partial charge >= 0.3 is 0 Å². The number of nitrogens with zero attached hydrogens (tertiary/aromatic N) is 2. The second-order valence-electron chi connectivity index (χ2n) is 4.22. The minimum absolute atomic E-state index is 0.0615. The minimum Gasteiger partial charge on any atom is -0.347 e. The molecule has 1 amide bonds. The lowest BCUT2D eigenvalue weighted by Gasteiger charge is -2.17. The van der Waals surface area contributed by atoms with Crippen LogP contribution in [-0.4, -0.2) is 35.9 Å². The van der Waals surface area contributed by atoms with Crippen molar-refractivity contribution >= 4 is 11.6 Å². The Morgan fingerprint density at radius 2 is 2.06 bits per heavy atom. The van der Waals surface area contributed by atoms with Crippen molar-refractivity contribution < 1.29 is 9.72 Å². The normalized spacial score (nSPS) is 11.9. The summed E-state index contributed by atoms with van der Waals surface area (Å²) < 4.78 is 0. The summed E-state index contributed by atoms with van der Waals surface area (Å²) >= 11 is 0. The van der Waals surface area contributed by atoms with Gasteiger partial charge in [-0.1, -0.05) is 18.2 Å². The SMILES string of the molecule is CC(NCc1ccccc1[N+](=O)[O-])C(=O)N(C)C. The van der Waals surface area contributed by atoms with Crippen molar-refractivity contribution in [2.75, 3.05) is 14.1 Å². The van der Waals surface area contributed by atoms with Crippen LogP contribution in [0.1, 0.15) is 12.5 Å². The number of amides is 1. The summed E-state index contributed by atoms with van der Waals surface area (Å²) in [5.41, 5.74) is 0.635. The molecular formula is C12H17N3O3. The quantitative estimate of drug-likeness (QED) is 0.629. The number of rotatable bonds is 5. The first-order valence-electron chi connectivity index (χ1n) is 5.60. The Balaban J connectivity index is 2.69. The molecular weight excluding hydrogens is 234 g/mol. The first-order valence-corrected chi connectivity index (χ1v) is 5.60. The molecule has 0 radical (unpaired) electrons. The van der Waals surface area contributed by atoms with Gasteiger partial charge in [-0.25, -0.2) is 0 Å². The number of hydrogen-bond donors (Lipinski definition) is 1. The molecule has 0 aliphatic rings. The first kappa shape index (κ1) is 14.1. The van der Waals surface area contributed by atoms with Crippen LogP contribution >= 0.6 is 0 Å². The lowest BCUT2D eigenvalue weighted by atomic mass is 10.1. The van der Waals surface area contributed by atoms with Crippen LogP contribution in [0.2, 0.25) is 0 Å². The van der Waals surface area contributed by atoms with Crippen LogP contribution in [0.5, 0.6) is 0 Å². The highest BCUT2D eigenvalue weighted by molar-refractivity contribution is 5.80. The molecule has 0 aromatic heterocycles. The van der Waals surface area contributed by atoms with Gasteiger partial charge in [0.15, 0.2) is 0 Å². The van der Waals surface area contributed by atoms with Gasteiger partial charge in [0.25, 0.3) is 5.69 Å². The van der Waals surface area contributed by atoms with Gasteiger partial charge in [0.2, 0.25) is 5.91 Å². The van der Waals surface area contributed by atoms with E-state index in [1.54, 1.807) is 39.2 Å². The van der Waals surface area contributed by atoms with E-state index in [9.17, 15) is 14.9 Å². The number of likely N-dealkylation sites (N-methyl/N-ethyl adjacent to an activating group) is 1.